The molecule has 0 aromatic heterocycles. The Morgan fingerprint density at radius 1 is 1.23 bits per heavy atom. The molecule has 0 unspecified atom stereocenters. The second kappa shape index (κ2) is 7.40. The van der Waals surface area contributed by atoms with Crippen LogP contribution in [0.2, 0.25) is 0 Å². The number of nitrogens with zero attached hydrogens (tertiary/aromatic N) is 1. The molecule has 3 N–H and O–H groups in total. The van der Waals surface area contributed by atoms with Crippen LogP contribution in [-0.2, 0) is 0 Å². The number of nitrogens with two attached hydrogens (primary N) is 1. The third-order valence-electron chi connectivity index (χ3n) is 2.82. The predicted octanol–water partition coefficient (Wildman–Crippen LogP) is 3.08. The molecule has 2 rings (SSSR count). The molecule has 0 spiro atoms. The molecule has 0 radical (unpaired) electrons. The highest BCUT2D eigenvalue weighted by Crippen LogP contribution is 2.17. The topological polar surface area (TPSA) is 59.6 Å². The van der Waals surface area contributed by atoms with Crippen molar-refractivity contribution in [3.05, 3.63) is 59.7 Å². The number of hydrogen-bond acceptors (Lipinski definition) is 2. The molecule has 0 aliphatic heterocycles. The highest BCUT2D eigenvalue weighted by Gasteiger charge is 2.04. The first-order chi connectivity index (χ1) is 10.5. The standard InChI is InChI=1S/C16H17F2N3O/c1-11-3-2-4-13(9-11)21-16(19)20-7-8-22-15-6-5-12(17)10-14(15)18/h2-6,9-10H,7-8H2,1H3,(H3,19,20,21). The minimum atomic E-state index is -0.741. The number of aryl methyl sites for hydroxylation is 1. The van der Waals surface area contributed by atoms with Gasteiger partial charge in [-0.3, -0.25) is 0 Å². The van der Waals surface area contributed by atoms with E-state index in [0.29, 0.717) is 0 Å². The van der Waals surface area contributed by atoms with Crippen LogP contribution < -0.4 is 15.8 Å². The fourth-order valence-corrected chi connectivity index (χ4v) is 1.82. The van der Waals surface area contributed by atoms with Crippen LogP contribution in [0.25, 0.3) is 0 Å². The SMILES string of the molecule is Cc1cccc(NC(N)=NCCOc2ccc(F)cc2F)c1. The first-order valence-corrected chi connectivity index (χ1v) is 6.76. The van der Waals surface area contributed by atoms with Crippen molar-refractivity contribution in [1.29, 1.82) is 0 Å². The van der Waals surface area contributed by atoms with Gasteiger partial charge in [-0.05, 0) is 36.8 Å². The van der Waals surface area contributed by atoms with Gasteiger partial charge in [0.25, 0.3) is 0 Å². The Kier molecular flexibility index (Phi) is 5.30. The molecule has 0 saturated heterocycles. The second-order valence-electron chi connectivity index (χ2n) is 4.68. The summed E-state index contributed by atoms with van der Waals surface area (Å²) in [6.07, 6.45) is 0. The highest BCUT2D eigenvalue weighted by atomic mass is 19.1. The van der Waals surface area contributed by atoms with E-state index in [0.717, 1.165) is 23.4 Å². The maximum Gasteiger partial charge on any atom is 0.193 e. The van der Waals surface area contributed by atoms with Gasteiger partial charge in [0, 0.05) is 11.8 Å². The Morgan fingerprint density at radius 3 is 2.77 bits per heavy atom. The lowest BCUT2D eigenvalue weighted by atomic mass is 10.2. The lowest BCUT2D eigenvalue weighted by molar-refractivity contribution is 0.310. The third-order valence-corrected chi connectivity index (χ3v) is 2.82. The summed E-state index contributed by atoms with van der Waals surface area (Å²) in [5.74, 6) is -1.15. The number of ether oxygens (including phenoxy) is 1. The lowest BCUT2D eigenvalue weighted by Gasteiger charge is -2.08. The van der Waals surface area contributed by atoms with Gasteiger partial charge in [0.2, 0.25) is 0 Å². The summed E-state index contributed by atoms with van der Waals surface area (Å²) in [6, 6.07) is 10.8. The number of nitrogens with one attached hydrogen (secondary N) is 1. The molecule has 4 nitrogen and oxygen atoms in total. The summed E-state index contributed by atoms with van der Waals surface area (Å²) in [7, 11) is 0. The molecule has 2 aromatic rings. The number of benzene rings is 2. The average molecular weight is 305 g/mol. The van der Waals surface area contributed by atoms with Gasteiger partial charge in [-0.25, -0.2) is 13.8 Å². The Morgan fingerprint density at radius 2 is 2.05 bits per heavy atom. The zero-order valence-electron chi connectivity index (χ0n) is 12.1. The van der Waals surface area contributed by atoms with E-state index < -0.39 is 11.6 Å². The fourth-order valence-electron chi connectivity index (χ4n) is 1.82. The zero-order valence-corrected chi connectivity index (χ0v) is 12.1. The molecule has 116 valence electrons. The van der Waals surface area contributed by atoms with Crippen molar-refractivity contribution in [2.75, 3.05) is 18.5 Å². The second-order valence-corrected chi connectivity index (χ2v) is 4.68. The van der Waals surface area contributed by atoms with E-state index >= 15 is 0 Å². The van der Waals surface area contributed by atoms with Crippen LogP contribution in [0, 0.1) is 18.6 Å². The number of hydrogen-bond donors (Lipinski definition) is 2. The summed E-state index contributed by atoms with van der Waals surface area (Å²) in [5, 5.41) is 2.95. The van der Waals surface area contributed by atoms with Crippen molar-refractivity contribution < 1.29 is 13.5 Å². The minimum absolute atomic E-state index is 0.0122. The van der Waals surface area contributed by atoms with Crippen LogP contribution in [-0.4, -0.2) is 19.1 Å². The van der Waals surface area contributed by atoms with Crippen molar-refractivity contribution in [3.8, 4) is 5.75 Å². The van der Waals surface area contributed by atoms with E-state index in [1.54, 1.807) is 0 Å². The monoisotopic (exact) mass is 305 g/mol. The Bertz CT molecular complexity index is 674. The van der Waals surface area contributed by atoms with E-state index in [9.17, 15) is 8.78 Å². The van der Waals surface area contributed by atoms with Gasteiger partial charge in [-0.1, -0.05) is 12.1 Å². The maximum atomic E-state index is 13.3. The predicted molar refractivity (Wildman–Crippen MR) is 83.1 cm³/mol. The van der Waals surface area contributed by atoms with Gasteiger partial charge < -0.3 is 15.8 Å². The molecule has 0 amide bonds. The first-order valence-electron chi connectivity index (χ1n) is 6.76. The van der Waals surface area contributed by atoms with Crippen LogP contribution in [0.15, 0.2) is 47.5 Å². The van der Waals surface area contributed by atoms with Crippen LogP contribution in [0.3, 0.4) is 0 Å². The molecule has 6 heteroatoms. The number of aliphatic imine (C=N–C) groups is 1. The third kappa shape index (κ3) is 4.73. The summed E-state index contributed by atoms with van der Waals surface area (Å²) < 4.78 is 31.2. The molecular formula is C16H17F2N3O. The summed E-state index contributed by atoms with van der Waals surface area (Å²) in [5.41, 5.74) is 7.69. The van der Waals surface area contributed by atoms with Crippen molar-refractivity contribution in [2.45, 2.75) is 6.92 Å². The summed E-state index contributed by atoms with van der Waals surface area (Å²) >= 11 is 0. The fraction of sp³-hybridized carbons (Fsp3) is 0.188. The van der Waals surface area contributed by atoms with Crippen LogP contribution in [0.4, 0.5) is 14.5 Å². The maximum absolute atomic E-state index is 13.3. The minimum Gasteiger partial charge on any atom is -0.489 e. The van der Waals surface area contributed by atoms with Crippen LogP contribution in [0.5, 0.6) is 5.75 Å². The number of anilines is 1. The molecule has 0 bridgehead atoms. The molecule has 0 aliphatic rings. The molecular weight excluding hydrogens is 288 g/mol. The van der Waals surface area contributed by atoms with Gasteiger partial charge in [-0.15, -0.1) is 0 Å². The normalized spacial score (nSPS) is 11.3. The van der Waals surface area contributed by atoms with E-state index in [-0.39, 0.29) is 24.9 Å². The largest absolute Gasteiger partial charge is 0.489 e. The van der Waals surface area contributed by atoms with Gasteiger partial charge in [0.05, 0.1) is 6.54 Å². The molecule has 0 heterocycles. The van der Waals surface area contributed by atoms with Gasteiger partial charge in [0.1, 0.15) is 12.4 Å². The van der Waals surface area contributed by atoms with Crippen molar-refractivity contribution in [1.82, 2.24) is 0 Å². The van der Waals surface area contributed by atoms with Gasteiger partial charge in [0.15, 0.2) is 17.5 Å². The van der Waals surface area contributed by atoms with E-state index in [4.69, 9.17) is 10.5 Å². The molecule has 22 heavy (non-hydrogen) atoms. The van der Waals surface area contributed by atoms with Gasteiger partial charge >= 0.3 is 0 Å². The summed E-state index contributed by atoms with van der Waals surface area (Å²) in [6.45, 7) is 2.36. The van der Waals surface area contributed by atoms with Crippen LogP contribution >= 0.6 is 0 Å². The quantitative estimate of drug-likeness (QED) is 0.507. The van der Waals surface area contributed by atoms with E-state index in [1.807, 2.05) is 31.2 Å². The summed E-state index contributed by atoms with van der Waals surface area (Å²) in [4.78, 5) is 4.07. The Hall–Kier alpha value is -2.63. The first kappa shape index (κ1) is 15.8. The smallest absolute Gasteiger partial charge is 0.193 e. The zero-order chi connectivity index (χ0) is 15.9. The van der Waals surface area contributed by atoms with E-state index in [2.05, 4.69) is 10.3 Å². The highest BCUT2D eigenvalue weighted by molar-refractivity contribution is 5.92. The molecule has 0 fully saturated rings. The van der Waals surface area contributed by atoms with Gasteiger partial charge in [-0.2, -0.15) is 0 Å². The molecule has 2 aromatic carbocycles. The Balaban J connectivity index is 1.81. The van der Waals surface area contributed by atoms with Crippen molar-refractivity contribution >= 4 is 11.6 Å². The lowest BCUT2D eigenvalue weighted by Crippen LogP contribution is -2.23. The Labute approximate surface area is 127 Å². The number of rotatable bonds is 5. The van der Waals surface area contributed by atoms with Crippen LogP contribution in [0.1, 0.15) is 5.56 Å². The average Bonchev–Trinajstić information content (AvgIpc) is 2.45. The van der Waals surface area contributed by atoms with Crippen molar-refractivity contribution in [3.63, 3.8) is 0 Å². The van der Waals surface area contributed by atoms with Crippen molar-refractivity contribution in [2.24, 2.45) is 10.7 Å². The number of halogens is 2. The molecule has 0 aliphatic carbocycles. The number of guanidine groups is 1. The molecule has 0 atom stereocenters. The molecule has 0 saturated carbocycles. The van der Waals surface area contributed by atoms with E-state index in [1.165, 1.54) is 6.07 Å².